The van der Waals surface area contributed by atoms with E-state index < -0.39 is 11.9 Å². The lowest BCUT2D eigenvalue weighted by molar-refractivity contribution is -0.153. The SMILES string of the molecule is CCCCCc1ccc(OC(=O)c2ccc(OC(=O)CCC(=O)O[C@H]3CC[C@@]4(C)C(=CCC5C4CC[C@@]4(C)C5CC[C@@H]4C(C)CCCC(C)C)C3)cc2)cc1. The fourth-order valence-corrected chi connectivity index (χ4v) is 11.5. The van der Waals surface area contributed by atoms with Crippen LogP contribution in [-0.2, 0) is 20.7 Å². The number of allylic oxidation sites excluding steroid dienone is 1. The number of rotatable bonds is 16. The molecular formula is C49H68O6. The molecule has 2 aromatic carbocycles. The van der Waals surface area contributed by atoms with E-state index in [1.807, 2.05) is 24.3 Å². The van der Waals surface area contributed by atoms with Gasteiger partial charge in [-0.2, -0.15) is 0 Å². The zero-order chi connectivity index (χ0) is 39.2. The number of ether oxygens (including phenoxy) is 3. The fraction of sp³-hybridized carbons (Fsp3) is 0.653. The van der Waals surface area contributed by atoms with Crippen molar-refractivity contribution in [3.8, 4) is 11.5 Å². The molecule has 2 aromatic rings. The van der Waals surface area contributed by atoms with E-state index in [1.54, 1.807) is 24.3 Å². The van der Waals surface area contributed by atoms with Gasteiger partial charge in [0.15, 0.2) is 0 Å². The van der Waals surface area contributed by atoms with Gasteiger partial charge in [0.25, 0.3) is 0 Å². The van der Waals surface area contributed by atoms with Gasteiger partial charge >= 0.3 is 17.9 Å². The Kier molecular flexibility index (Phi) is 13.7. The predicted molar refractivity (Wildman–Crippen MR) is 219 cm³/mol. The third-order valence-corrected chi connectivity index (χ3v) is 14.6. The van der Waals surface area contributed by atoms with Crippen LogP contribution in [0.3, 0.4) is 0 Å². The normalized spacial score (nSPS) is 29.0. The molecule has 0 aromatic heterocycles. The quantitative estimate of drug-likeness (QED) is 0.0735. The van der Waals surface area contributed by atoms with E-state index in [1.165, 1.54) is 75.3 Å². The van der Waals surface area contributed by atoms with Gasteiger partial charge in [-0.25, -0.2) is 4.79 Å². The predicted octanol–water partition coefficient (Wildman–Crippen LogP) is 12.3. The van der Waals surface area contributed by atoms with Gasteiger partial charge in [-0.15, -0.1) is 0 Å². The molecule has 0 aliphatic heterocycles. The van der Waals surface area contributed by atoms with Crippen molar-refractivity contribution in [1.29, 1.82) is 0 Å². The lowest BCUT2D eigenvalue weighted by atomic mass is 9.47. The highest BCUT2D eigenvalue weighted by atomic mass is 16.5. The van der Waals surface area contributed by atoms with Gasteiger partial charge < -0.3 is 14.2 Å². The number of fused-ring (bicyclic) bond motifs is 5. The van der Waals surface area contributed by atoms with E-state index in [2.05, 4.69) is 47.6 Å². The summed E-state index contributed by atoms with van der Waals surface area (Å²) in [5, 5.41) is 0. The van der Waals surface area contributed by atoms with Crippen molar-refractivity contribution in [3.63, 3.8) is 0 Å². The van der Waals surface area contributed by atoms with Crippen molar-refractivity contribution in [2.75, 3.05) is 0 Å². The molecule has 4 aliphatic carbocycles. The molecule has 6 nitrogen and oxygen atoms in total. The minimum atomic E-state index is -0.507. The van der Waals surface area contributed by atoms with Crippen LogP contribution in [0, 0.1) is 46.3 Å². The Hall–Kier alpha value is -3.41. The Balaban J connectivity index is 0.934. The van der Waals surface area contributed by atoms with Gasteiger partial charge in [0.2, 0.25) is 0 Å². The van der Waals surface area contributed by atoms with E-state index in [-0.39, 0.29) is 30.3 Å². The van der Waals surface area contributed by atoms with Crippen LogP contribution in [0.1, 0.15) is 160 Å². The Morgan fingerprint density at radius 1 is 0.764 bits per heavy atom. The number of hydrogen-bond donors (Lipinski definition) is 0. The van der Waals surface area contributed by atoms with Gasteiger partial charge in [0.1, 0.15) is 17.6 Å². The first kappa shape index (κ1) is 41.2. The summed E-state index contributed by atoms with van der Waals surface area (Å²) in [4.78, 5) is 38.3. The number of hydrogen-bond acceptors (Lipinski definition) is 6. The number of unbranched alkanes of at least 4 members (excludes halogenated alkanes) is 2. The van der Waals surface area contributed by atoms with E-state index >= 15 is 0 Å². The maximum absolute atomic E-state index is 12.9. The summed E-state index contributed by atoms with van der Waals surface area (Å²) in [6.45, 7) is 14.6. The van der Waals surface area contributed by atoms with Gasteiger partial charge in [-0.1, -0.05) is 97.4 Å². The Morgan fingerprint density at radius 2 is 1.47 bits per heavy atom. The van der Waals surface area contributed by atoms with Crippen LogP contribution in [0.5, 0.6) is 11.5 Å². The maximum atomic E-state index is 12.9. The second-order valence-electron chi connectivity index (χ2n) is 18.6. The zero-order valence-electron chi connectivity index (χ0n) is 34.7. The van der Waals surface area contributed by atoms with Crippen LogP contribution in [0.15, 0.2) is 60.2 Å². The third-order valence-electron chi connectivity index (χ3n) is 14.6. The summed E-state index contributed by atoms with van der Waals surface area (Å²) in [7, 11) is 0. The summed E-state index contributed by atoms with van der Waals surface area (Å²) < 4.78 is 17.0. The Bertz CT molecular complexity index is 1640. The summed E-state index contributed by atoms with van der Waals surface area (Å²) in [6.07, 6.45) is 20.4. The minimum absolute atomic E-state index is 0.0184. The van der Waals surface area contributed by atoms with Crippen LogP contribution in [0.4, 0.5) is 0 Å². The molecule has 4 unspecified atom stereocenters. The molecule has 3 fully saturated rings. The highest BCUT2D eigenvalue weighted by Crippen LogP contribution is 2.67. The summed E-state index contributed by atoms with van der Waals surface area (Å²) >= 11 is 0. The summed E-state index contributed by atoms with van der Waals surface area (Å²) in [5.74, 6) is 4.28. The van der Waals surface area contributed by atoms with E-state index in [9.17, 15) is 14.4 Å². The Labute approximate surface area is 331 Å². The first-order valence-electron chi connectivity index (χ1n) is 21.9. The first-order valence-corrected chi connectivity index (χ1v) is 21.9. The number of carbonyl (C=O) groups excluding carboxylic acids is 3. The number of benzene rings is 2. The zero-order valence-corrected chi connectivity index (χ0v) is 34.7. The first-order chi connectivity index (χ1) is 26.4. The molecule has 0 N–H and O–H groups in total. The van der Waals surface area contributed by atoms with Crippen molar-refractivity contribution in [3.05, 3.63) is 71.3 Å². The van der Waals surface area contributed by atoms with Crippen molar-refractivity contribution >= 4 is 17.9 Å². The third kappa shape index (κ3) is 9.77. The number of carbonyl (C=O) groups is 3. The number of esters is 3. The van der Waals surface area contributed by atoms with Crippen LogP contribution >= 0.6 is 0 Å². The smallest absolute Gasteiger partial charge is 0.343 e. The molecule has 0 bridgehead atoms. The van der Waals surface area contributed by atoms with E-state index in [4.69, 9.17) is 14.2 Å². The topological polar surface area (TPSA) is 78.9 Å². The lowest BCUT2D eigenvalue weighted by Gasteiger charge is -2.58. The minimum Gasteiger partial charge on any atom is -0.462 e. The molecule has 55 heavy (non-hydrogen) atoms. The van der Waals surface area contributed by atoms with E-state index in [0.29, 0.717) is 22.5 Å². The monoisotopic (exact) mass is 753 g/mol. The average molecular weight is 753 g/mol. The van der Waals surface area contributed by atoms with Crippen LogP contribution in [-0.4, -0.2) is 24.0 Å². The molecule has 3 saturated carbocycles. The molecule has 300 valence electrons. The van der Waals surface area contributed by atoms with Gasteiger partial charge in [0, 0.05) is 6.42 Å². The van der Waals surface area contributed by atoms with Crippen LogP contribution < -0.4 is 9.47 Å². The van der Waals surface area contributed by atoms with Gasteiger partial charge in [-0.3, -0.25) is 9.59 Å². The molecule has 6 heteroatoms. The van der Waals surface area contributed by atoms with Crippen LogP contribution in [0.25, 0.3) is 0 Å². The molecule has 0 amide bonds. The molecule has 0 saturated heterocycles. The second kappa shape index (κ2) is 18.2. The highest BCUT2D eigenvalue weighted by molar-refractivity contribution is 5.91. The molecule has 0 spiro atoms. The standard InChI is InChI=1S/C49H68O6/c1-7-8-9-13-35-14-19-39(20-15-35)55-47(52)36-16-21-38(22-17-36)53-45(50)26-27-46(51)54-40-28-30-48(5)37(32-40)18-23-41-43-25-24-42(34(4)12-10-11-33(2)3)49(43,6)31-29-44(41)48/h14-22,33-34,40-44H,7-13,23-32H2,1-6H3/t34?,40-,41?,42+,43?,44?,48-,49+/m0/s1. The molecular weight excluding hydrogens is 685 g/mol. The molecule has 6 rings (SSSR count). The van der Waals surface area contributed by atoms with Crippen LogP contribution in [0.2, 0.25) is 0 Å². The summed E-state index contributed by atoms with van der Waals surface area (Å²) in [5.41, 5.74) is 3.76. The average Bonchev–Trinajstić information content (AvgIpc) is 3.52. The van der Waals surface area contributed by atoms with Crippen molar-refractivity contribution < 1.29 is 28.6 Å². The van der Waals surface area contributed by atoms with Crippen molar-refractivity contribution in [2.24, 2.45) is 46.3 Å². The van der Waals surface area contributed by atoms with E-state index in [0.717, 1.165) is 67.6 Å². The molecule has 4 aliphatic rings. The number of aryl methyl sites for hydroxylation is 1. The lowest BCUT2D eigenvalue weighted by Crippen LogP contribution is -2.51. The second-order valence-corrected chi connectivity index (χ2v) is 18.6. The largest absolute Gasteiger partial charge is 0.462 e. The highest BCUT2D eigenvalue weighted by Gasteiger charge is 2.59. The molecule has 0 heterocycles. The van der Waals surface area contributed by atoms with Crippen molar-refractivity contribution in [2.45, 2.75) is 157 Å². The van der Waals surface area contributed by atoms with Gasteiger partial charge in [0.05, 0.1) is 18.4 Å². The van der Waals surface area contributed by atoms with Crippen molar-refractivity contribution in [1.82, 2.24) is 0 Å². The Morgan fingerprint density at radius 3 is 2.20 bits per heavy atom. The fourth-order valence-electron chi connectivity index (χ4n) is 11.5. The maximum Gasteiger partial charge on any atom is 0.343 e. The molecule has 8 atom stereocenters. The van der Waals surface area contributed by atoms with Gasteiger partial charge in [-0.05, 0) is 146 Å². The molecule has 0 radical (unpaired) electrons. The summed E-state index contributed by atoms with van der Waals surface area (Å²) in [6, 6.07) is 13.9.